The largest absolute Gasteiger partial charge is 0.508 e. The summed E-state index contributed by atoms with van der Waals surface area (Å²) in [7, 11) is 0. The molecule has 26 heavy (non-hydrogen) atoms. The van der Waals surface area contributed by atoms with Crippen LogP contribution in [0.15, 0.2) is 30.5 Å². The van der Waals surface area contributed by atoms with Crippen LogP contribution < -0.4 is 5.32 Å². The molecule has 4 rings (SSSR count). The number of hydrogen-bond acceptors (Lipinski definition) is 4. The molecule has 0 spiro atoms. The number of pyridine rings is 1. The number of rotatable bonds is 3. The van der Waals surface area contributed by atoms with Crippen molar-refractivity contribution >= 4 is 21.8 Å². The van der Waals surface area contributed by atoms with Gasteiger partial charge < -0.3 is 15.0 Å². The number of phenols is 1. The Bertz CT molecular complexity index is 945. The predicted molar refractivity (Wildman–Crippen MR) is 93.2 cm³/mol. The van der Waals surface area contributed by atoms with Crippen LogP contribution in [-0.2, 0) is 12.7 Å². The third kappa shape index (κ3) is 2.99. The van der Waals surface area contributed by atoms with Gasteiger partial charge in [0.05, 0.1) is 11.0 Å². The van der Waals surface area contributed by atoms with Gasteiger partial charge in [-0.2, -0.15) is 13.2 Å². The summed E-state index contributed by atoms with van der Waals surface area (Å²) in [5.41, 5.74) is -0.213. The molecule has 3 aromatic rings. The molecule has 3 heterocycles. The van der Waals surface area contributed by atoms with Crippen molar-refractivity contribution in [2.45, 2.75) is 12.7 Å². The maximum absolute atomic E-state index is 13.6. The smallest absolute Gasteiger partial charge is 0.435 e. The number of aromatic nitrogens is 2. The number of nitrogens with zero attached hydrogens (tertiary/aromatic N) is 3. The molecule has 8 heteroatoms. The van der Waals surface area contributed by atoms with Gasteiger partial charge in [0.2, 0.25) is 0 Å². The highest BCUT2D eigenvalue weighted by atomic mass is 19.4. The summed E-state index contributed by atoms with van der Waals surface area (Å²) in [6, 6.07) is 6.28. The van der Waals surface area contributed by atoms with Crippen molar-refractivity contribution in [2.24, 2.45) is 0 Å². The Morgan fingerprint density at radius 2 is 1.85 bits per heavy atom. The number of fused-ring (bicyclic) bond motifs is 3. The van der Waals surface area contributed by atoms with E-state index in [4.69, 9.17) is 0 Å². The Kier molecular flexibility index (Phi) is 4.24. The van der Waals surface area contributed by atoms with Crippen LogP contribution in [0.25, 0.3) is 21.8 Å². The molecule has 138 valence electrons. The average Bonchev–Trinajstić information content (AvgIpc) is 2.92. The van der Waals surface area contributed by atoms with Crippen molar-refractivity contribution in [3.05, 3.63) is 36.2 Å². The second-order valence-corrected chi connectivity index (χ2v) is 6.50. The summed E-state index contributed by atoms with van der Waals surface area (Å²) < 4.78 is 42.3. The number of piperazine rings is 1. The zero-order valence-electron chi connectivity index (χ0n) is 14.1. The van der Waals surface area contributed by atoms with E-state index in [-0.39, 0.29) is 11.3 Å². The van der Waals surface area contributed by atoms with E-state index in [1.54, 1.807) is 16.7 Å². The Morgan fingerprint density at radius 3 is 2.58 bits per heavy atom. The van der Waals surface area contributed by atoms with Crippen molar-refractivity contribution in [1.82, 2.24) is 19.8 Å². The summed E-state index contributed by atoms with van der Waals surface area (Å²) in [6.45, 7) is 4.53. The normalized spacial score (nSPS) is 16.6. The van der Waals surface area contributed by atoms with E-state index < -0.39 is 11.9 Å². The van der Waals surface area contributed by atoms with Crippen LogP contribution in [0.1, 0.15) is 5.69 Å². The van der Waals surface area contributed by atoms with Gasteiger partial charge in [0, 0.05) is 62.3 Å². The molecule has 0 saturated carbocycles. The van der Waals surface area contributed by atoms with Crippen molar-refractivity contribution in [1.29, 1.82) is 0 Å². The monoisotopic (exact) mass is 364 g/mol. The summed E-state index contributed by atoms with van der Waals surface area (Å²) in [5, 5.41) is 14.3. The lowest BCUT2D eigenvalue weighted by Crippen LogP contribution is -2.44. The average molecular weight is 364 g/mol. The van der Waals surface area contributed by atoms with E-state index >= 15 is 0 Å². The van der Waals surface area contributed by atoms with Gasteiger partial charge >= 0.3 is 6.18 Å². The lowest BCUT2D eigenvalue weighted by atomic mass is 10.1. The lowest BCUT2D eigenvalue weighted by Gasteiger charge is -2.27. The third-order valence-electron chi connectivity index (χ3n) is 4.87. The lowest BCUT2D eigenvalue weighted by molar-refractivity contribution is -0.140. The fourth-order valence-electron chi connectivity index (χ4n) is 3.65. The van der Waals surface area contributed by atoms with E-state index in [0.29, 0.717) is 29.4 Å². The van der Waals surface area contributed by atoms with Crippen LogP contribution in [0.4, 0.5) is 13.2 Å². The van der Waals surface area contributed by atoms with E-state index in [1.165, 1.54) is 18.3 Å². The zero-order valence-corrected chi connectivity index (χ0v) is 14.1. The van der Waals surface area contributed by atoms with Crippen LogP contribution in [0.2, 0.25) is 0 Å². The number of alkyl halides is 3. The van der Waals surface area contributed by atoms with E-state index in [2.05, 4.69) is 15.2 Å². The van der Waals surface area contributed by atoms with E-state index in [9.17, 15) is 18.3 Å². The molecule has 0 amide bonds. The molecule has 0 aliphatic carbocycles. The summed E-state index contributed by atoms with van der Waals surface area (Å²) >= 11 is 0. The van der Waals surface area contributed by atoms with Crippen LogP contribution >= 0.6 is 0 Å². The SMILES string of the molecule is Oc1ccc2c3ccnc(C(F)(F)F)c3n(CCN3CCNCC3)c2c1. The molecule has 0 atom stereocenters. The van der Waals surface area contributed by atoms with Crippen LogP contribution in [0.5, 0.6) is 5.75 Å². The van der Waals surface area contributed by atoms with E-state index in [0.717, 1.165) is 26.2 Å². The molecule has 2 N–H and O–H groups in total. The van der Waals surface area contributed by atoms with Gasteiger partial charge in [-0.05, 0) is 18.2 Å². The summed E-state index contributed by atoms with van der Waals surface area (Å²) in [4.78, 5) is 5.84. The van der Waals surface area contributed by atoms with Crippen molar-refractivity contribution in [3.8, 4) is 5.75 Å². The van der Waals surface area contributed by atoms with Gasteiger partial charge in [0.1, 0.15) is 5.75 Å². The van der Waals surface area contributed by atoms with Crippen LogP contribution in [-0.4, -0.2) is 52.3 Å². The van der Waals surface area contributed by atoms with Gasteiger partial charge in [-0.15, -0.1) is 0 Å². The molecule has 1 aromatic carbocycles. The van der Waals surface area contributed by atoms with Gasteiger partial charge in [-0.1, -0.05) is 0 Å². The fourth-order valence-corrected chi connectivity index (χ4v) is 3.65. The maximum Gasteiger partial charge on any atom is 0.435 e. The second-order valence-electron chi connectivity index (χ2n) is 6.50. The first-order valence-corrected chi connectivity index (χ1v) is 8.55. The minimum Gasteiger partial charge on any atom is -0.508 e. The number of nitrogens with one attached hydrogen (secondary N) is 1. The summed E-state index contributed by atoms with van der Waals surface area (Å²) in [6.07, 6.45) is -3.35. The molecule has 1 fully saturated rings. The zero-order chi connectivity index (χ0) is 18.3. The molecular formula is C18H19F3N4O. The number of phenolic OH excluding ortho intramolecular Hbond substituents is 1. The number of hydrogen-bond donors (Lipinski definition) is 2. The molecule has 2 aromatic heterocycles. The molecule has 5 nitrogen and oxygen atoms in total. The van der Waals surface area contributed by atoms with Gasteiger partial charge in [-0.25, -0.2) is 4.98 Å². The Labute approximate surface area is 148 Å². The standard InChI is InChI=1S/C18H19F3N4O/c19-18(20,21)17-16-14(3-4-23-17)13-2-1-12(26)11-15(13)25(16)10-9-24-7-5-22-6-8-24/h1-4,11,22,26H,5-10H2. The Hall–Kier alpha value is -2.32. The van der Waals surface area contributed by atoms with Crippen LogP contribution in [0.3, 0.4) is 0 Å². The van der Waals surface area contributed by atoms with E-state index in [1.807, 2.05) is 0 Å². The quantitative estimate of drug-likeness (QED) is 0.751. The van der Waals surface area contributed by atoms with Gasteiger partial charge in [0.25, 0.3) is 0 Å². The first-order chi connectivity index (χ1) is 12.4. The molecule has 0 radical (unpaired) electrons. The van der Waals surface area contributed by atoms with Gasteiger partial charge in [-0.3, -0.25) is 4.90 Å². The molecular weight excluding hydrogens is 345 g/mol. The maximum atomic E-state index is 13.6. The van der Waals surface area contributed by atoms with Crippen LogP contribution in [0, 0.1) is 0 Å². The molecule has 1 aliphatic heterocycles. The summed E-state index contributed by atoms with van der Waals surface area (Å²) in [5.74, 6) is 0.0326. The first kappa shape index (κ1) is 17.1. The highest BCUT2D eigenvalue weighted by molar-refractivity contribution is 6.09. The first-order valence-electron chi connectivity index (χ1n) is 8.55. The Balaban J connectivity index is 1.87. The van der Waals surface area contributed by atoms with Crippen molar-refractivity contribution in [2.75, 3.05) is 32.7 Å². The minimum absolute atomic E-state index is 0.0326. The van der Waals surface area contributed by atoms with Gasteiger partial charge in [0.15, 0.2) is 5.69 Å². The third-order valence-corrected chi connectivity index (χ3v) is 4.87. The predicted octanol–water partition coefficient (Wildman–Crippen LogP) is 2.82. The topological polar surface area (TPSA) is 53.3 Å². The molecule has 1 aliphatic rings. The highest BCUT2D eigenvalue weighted by Gasteiger charge is 2.36. The molecule has 1 saturated heterocycles. The number of halogens is 3. The van der Waals surface area contributed by atoms with Crippen molar-refractivity contribution in [3.63, 3.8) is 0 Å². The minimum atomic E-state index is -4.54. The van der Waals surface area contributed by atoms with Crippen molar-refractivity contribution < 1.29 is 18.3 Å². The molecule has 0 unspecified atom stereocenters. The highest BCUT2D eigenvalue weighted by Crippen LogP contribution is 2.38. The Morgan fingerprint density at radius 1 is 1.08 bits per heavy atom. The second kappa shape index (κ2) is 6.44. The number of aromatic hydroxyl groups is 1. The fraction of sp³-hybridized carbons (Fsp3) is 0.389. The molecule has 0 bridgehead atoms. The number of benzene rings is 1.